The van der Waals surface area contributed by atoms with Crippen molar-refractivity contribution in [2.24, 2.45) is 5.73 Å². The van der Waals surface area contributed by atoms with Gasteiger partial charge in [-0.3, -0.25) is 9.35 Å². The van der Waals surface area contributed by atoms with E-state index in [2.05, 4.69) is 6.58 Å². The van der Waals surface area contributed by atoms with Gasteiger partial charge in [0, 0.05) is 5.57 Å². The lowest BCUT2D eigenvalue weighted by Crippen LogP contribution is -2.30. The fraction of sp³-hybridized carbons (Fsp3) is 0.571. The predicted molar refractivity (Wildman–Crippen MR) is 48.6 cm³/mol. The molecule has 13 heavy (non-hydrogen) atoms. The number of nitrogens with two attached hydrogens (primary N) is 1. The summed E-state index contributed by atoms with van der Waals surface area (Å²) < 4.78 is 30.2. The minimum Gasteiger partial charge on any atom is -0.366 e. The minimum atomic E-state index is -4.27. The van der Waals surface area contributed by atoms with Gasteiger partial charge in [-0.15, -0.1) is 0 Å². The first-order valence-corrected chi connectivity index (χ1v) is 5.26. The molecule has 1 unspecified atom stereocenters. The van der Waals surface area contributed by atoms with Crippen molar-refractivity contribution in [3.63, 3.8) is 0 Å². The Morgan fingerprint density at radius 1 is 1.62 bits per heavy atom. The standard InChI is InChI=1S/C7H13NO4S/c1-3-4-6(13(10,11)12)5(2)7(8)9/h6H,2-4H2,1H3,(H2,8,9)(H,10,11,12). The average Bonchev–Trinajstić information content (AvgIpc) is 1.96. The van der Waals surface area contributed by atoms with E-state index in [4.69, 9.17) is 10.3 Å². The van der Waals surface area contributed by atoms with E-state index in [1.54, 1.807) is 6.92 Å². The Kier molecular flexibility index (Phi) is 4.09. The molecule has 0 bridgehead atoms. The summed E-state index contributed by atoms with van der Waals surface area (Å²) in [5.41, 5.74) is 4.58. The van der Waals surface area contributed by atoms with Crippen molar-refractivity contribution in [2.45, 2.75) is 25.0 Å². The number of carbonyl (C=O) groups is 1. The van der Waals surface area contributed by atoms with Gasteiger partial charge in [-0.2, -0.15) is 8.42 Å². The van der Waals surface area contributed by atoms with Crippen LogP contribution < -0.4 is 5.73 Å². The molecule has 0 aliphatic carbocycles. The molecule has 6 heteroatoms. The van der Waals surface area contributed by atoms with Crippen LogP contribution in [-0.4, -0.2) is 24.1 Å². The van der Waals surface area contributed by atoms with Crippen LogP contribution in [0.2, 0.25) is 0 Å². The second-order valence-electron chi connectivity index (χ2n) is 2.68. The van der Waals surface area contributed by atoms with E-state index in [9.17, 15) is 13.2 Å². The fourth-order valence-corrected chi connectivity index (χ4v) is 1.93. The molecular weight excluding hydrogens is 194 g/mol. The van der Waals surface area contributed by atoms with Gasteiger partial charge in [0.25, 0.3) is 10.1 Å². The van der Waals surface area contributed by atoms with Crippen molar-refractivity contribution < 1.29 is 17.8 Å². The quantitative estimate of drug-likeness (QED) is 0.493. The number of hydrogen-bond acceptors (Lipinski definition) is 3. The molecule has 0 aromatic carbocycles. The first-order valence-electron chi connectivity index (χ1n) is 3.75. The van der Waals surface area contributed by atoms with Gasteiger partial charge in [-0.05, 0) is 6.42 Å². The molecule has 5 nitrogen and oxygen atoms in total. The zero-order chi connectivity index (χ0) is 10.6. The summed E-state index contributed by atoms with van der Waals surface area (Å²) in [7, 11) is -4.27. The summed E-state index contributed by atoms with van der Waals surface area (Å²) >= 11 is 0. The van der Waals surface area contributed by atoms with E-state index in [1.165, 1.54) is 0 Å². The molecule has 0 heterocycles. The molecule has 0 rings (SSSR count). The normalized spacial score (nSPS) is 13.7. The van der Waals surface area contributed by atoms with Gasteiger partial charge in [0.05, 0.1) is 0 Å². The highest BCUT2D eigenvalue weighted by atomic mass is 32.2. The zero-order valence-corrected chi connectivity index (χ0v) is 8.17. The highest BCUT2D eigenvalue weighted by Gasteiger charge is 2.27. The molecule has 3 N–H and O–H groups in total. The van der Waals surface area contributed by atoms with Crippen molar-refractivity contribution in [1.82, 2.24) is 0 Å². The number of amides is 1. The third kappa shape index (κ3) is 3.56. The van der Waals surface area contributed by atoms with Crippen molar-refractivity contribution >= 4 is 16.0 Å². The average molecular weight is 207 g/mol. The Hall–Kier alpha value is -0.880. The Morgan fingerprint density at radius 2 is 2.08 bits per heavy atom. The molecule has 0 aliphatic heterocycles. The van der Waals surface area contributed by atoms with Crippen molar-refractivity contribution in [3.05, 3.63) is 12.2 Å². The van der Waals surface area contributed by atoms with Crippen LogP contribution in [0, 0.1) is 0 Å². The highest BCUT2D eigenvalue weighted by Crippen LogP contribution is 2.14. The largest absolute Gasteiger partial charge is 0.366 e. The van der Waals surface area contributed by atoms with Crippen LogP contribution in [0.15, 0.2) is 12.2 Å². The van der Waals surface area contributed by atoms with Gasteiger partial charge >= 0.3 is 0 Å². The van der Waals surface area contributed by atoms with Gasteiger partial charge in [-0.1, -0.05) is 19.9 Å². The summed E-state index contributed by atoms with van der Waals surface area (Å²) in [5.74, 6) is -0.906. The molecule has 0 saturated heterocycles. The maximum atomic E-state index is 10.8. The van der Waals surface area contributed by atoms with E-state index in [1.807, 2.05) is 0 Å². The lowest BCUT2D eigenvalue weighted by Gasteiger charge is -2.12. The second kappa shape index (κ2) is 4.38. The van der Waals surface area contributed by atoms with E-state index >= 15 is 0 Å². The van der Waals surface area contributed by atoms with Crippen molar-refractivity contribution in [2.75, 3.05) is 0 Å². The zero-order valence-electron chi connectivity index (χ0n) is 7.36. The Labute approximate surface area is 77.4 Å². The topological polar surface area (TPSA) is 97.5 Å². The fourth-order valence-electron chi connectivity index (χ4n) is 0.924. The van der Waals surface area contributed by atoms with Gasteiger partial charge < -0.3 is 5.73 Å². The van der Waals surface area contributed by atoms with E-state index < -0.39 is 21.3 Å². The lowest BCUT2D eigenvalue weighted by molar-refractivity contribution is -0.114. The Balaban J connectivity index is 4.83. The number of rotatable bonds is 5. The summed E-state index contributed by atoms with van der Waals surface area (Å²) in [5, 5.41) is -1.27. The molecule has 0 aromatic heterocycles. The molecule has 0 saturated carbocycles. The summed E-state index contributed by atoms with van der Waals surface area (Å²) in [4.78, 5) is 10.6. The Bertz CT molecular complexity index is 306. The van der Waals surface area contributed by atoms with E-state index in [0.29, 0.717) is 6.42 Å². The van der Waals surface area contributed by atoms with Gasteiger partial charge in [0.1, 0.15) is 5.25 Å². The van der Waals surface area contributed by atoms with Crippen LogP contribution in [0.4, 0.5) is 0 Å². The molecule has 76 valence electrons. The highest BCUT2D eigenvalue weighted by molar-refractivity contribution is 7.86. The molecular formula is C7H13NO4S. The van der Waals surface area contributed by atoms with Crippen LogP contribution in [0.25, 0.3) is 0 Å². The molecule has 0 spiro atoms. The molecule has 0 aromatic rings. The van der Waals surface area contributed by atoms with E-state index in [-0.39, 0.29) is 12.0 Å². The molecule has 1 atom stereocenters. The molecule has 1 amide bonds. The van der Waals surface area contributed by atoms with Gasteiger partial charge in [-0.25, -0.2) is 0 Å². The lowest BCUT2D eigenvalue weighted by atomic mass is 10.1. The number of carbonyl (C=O) groups excluding carboxylic acids is 1. The third-order valence-electron chi connectivity index (χ3n) is 1.62. The SMILES string of the molecule is C=C(C(N)=O)C(CCC)S(=O)(=O)O. The van der Waals surface area contributed by atoms with Crippen molar-refractivity contribution in [1.29, 1.82) is 0 Å². The first kappa shape index (κ1) is 12.1. The van der Waals surface area contributed by atoms with Crippen LogP contribution in [0.3, 0.4) is 0 Å². The second-order valence-corrected chi connectivity index (χ2v) is 4.28. The molecule has 0 radical (unpaired) electrons. The van der Waals surface area contributed by atoms with Gasteiger partial charge in [0.15, 0.2) is 0 Å². The summed E-state index contributed by atoms with van der Waals surface area (Å²) in [6, 6.07) is 0. The first-order chi connectivity index (χ1) is 5.80. The predicted octanol–water partition coefficient (Wildman–Crippen LogP) is 0.0844. The number of primary amides is 1. The van der Waals surface area contributed by atoms with Crippen molar-refractivity contribution in [3.8, 4) is 0 Å². The Morgan fingerprint density at radius 3 is 2.31 bits per heavy atom. The van der Waals surface area contributed by atoms with Crippen LogP contribution >= 0.6 is 0 Å². The van der Waals surface area contributed by atoms with Gasteiger partial charge in [0.2, 0.25) is 5.91 Å². The van der Waals surface area contributed by atoms with Crippen LogP contribution in [0.5, 0.6) is 0 Å². The summed E-state index contributed by atoms with van der Waals surface area (Å²) in [6.45, 7) is 4.95. The maximum absolute atomic E-state index is 10.8. The minimum absolute atomic E-state index is 0.139. The third-order valence-corrected chi connectivity index (χ3v) is 2.85. The molecule has 0 fully saturated rings. The number of hydrogen-bond donors (Lipinski definition) is 2. The van der Waals surface area contributed by atoms with Crippen LogP contribution in [-0.2, 0) is 14.9 Å². The monoisotopic (exact) mass is 207 g/mol. The maximum Gasteiger partial charge on any atom is 0.272 e. The summed E-state index contributed by atoms with van der Waals surface area (Å²) in [6.07, 6.45) is 0.650. The smallest absolute Gasteiger partial charge is 0.272 e. The van der Waals surface area contributed by atoms with E-state index in [0.717, 1.165) is 0 Å². The molecule has 0 aliphatic rings. The van der Waals surface area contributed by atoms with Crippen LogP contribution in [0.1, 0.15) is 19.8 Å².